The molecular formula is C12H9BrClN. The Bertz CT molecular complexity index is 456. The van der Waals surface area contributed by atoms with Gasteiger partial charge in [-0.3, -0.25) is 0 Å². The fraction of sp³-hybridized carbons (Fsp3) is 0. The van der Waals surface area contributed by atoms with Crippen molar-refractivity contribution in [2.75, 3.05) is 5.32 Å². The van der Waals surface area contributed by atoms with Gasteiger partial charge in [-0.15, -0.1) is 0 Å². The van der Waals surface area contributed by atoms with E-state index in [1.54, 1.807) is 0 Å². The van der Waals surface area contributed by atoms with E-state index in [1.807, 2.05) is 48.5 Å². The molecule has 0 aromatic heterocycles. The predicted octanol–water partition coefficient (Wildman–Crippen LogP) is 4.85. The third-order valence-electron chi connectivity index (χ3n) is 2.00. The van der Waals surface area contributed by atoms with Crippen LogP contribution in [0.3, 0.4) is 0 Å². The third kappa shape index (κ3) is 2.52. The summed E-state index contributed by atoms with van der Waals surface area (Å²) < 4.78 is 0.894. The van der Waals surface area contributed by atoms with Gasteiger partial charge in [0.05, 0.1) is 10.7 Å². The Balaban J connectivity index is 2.29. The average molecular weight is 283 g/mol. The molecule has 2 rings (SSSR count). The summed E-state index contributed by atoms with van der Waals surface area (Å²) in [6, 6.07) is 15.7. The third-order valence-corrected chi connectivity index (χ3v) is 3.30. The highest BCUT2D eigenvalue weighted by Crippen LogP contribution is 2.31. The van der Waals surface area contributed by atoms with Crippen LogP contribution in [0.5, 0.6) is 0 Å². The van der Waals surface area contributed by atoms with Gasteiger partial charge in [-0.1, -0.05) is 35.9 Å². The Morgan fingerprint density at radius 1 is 0.933 bits per heavy atom. The maximum atomic E-state index is 6.13. The fourth-order valence-electron chi connectivity index (χ4n) is 1.28. The van der Waals surface area contributed by atoms with Crippen LogP contribution in [0.1, 0.15) is 0 Å². The first-order valence-corrected chi connectivity index (χ1v) is 5.70. The molecule has 3 heteroatoms. The quantitative estimate of drug-likeness (QED) is 0.830. The van der Waals surface area contributed by atoms with E-state index in [4.69, 9.17) is 11.6 Å². The Kier molecular flexibility index (Phi) is 3.29. The second-order valence-electron chi connectivity index (χ2n) is 3.09. The molecule has 0 atom stereocenters. The van der Waals surface area contributed by atoms with Gasteiger partial charge in [-0.2, -0.15) is 0 Å². The summed E-state index contributed by atoms with van der Waals surface area (Å²) in [6.45, 7) is 0. The van der Waals surface area contributed by atoms with Crippen molar-refractivity contribution in [3.63, 3.8) is 0 Å². The number of nitrogens with one attached hydrogen (secondary N) is 1. The number of rotatable bonds is 2. The zero-order valence-electron chi connectivity index (χ0n) is 7.87. The van der Waals surface area contributed by atoms with E-state index in [0.717, 1.165) is 15.8 Å². The van der Waals surface area contributed by atoms with Crippen LogP contribution in [0.2, 0.25) is 5.02 Å². The van der Waals surface area contributed by atoms with Crippen molar-refractivity contribution in [2.24, 2.45) is 0 Å². The number of hydrogen-bond acceptors (Lipinski definition) is 1. The molecule has 2 aromatic carbocycles. The summed E-state index contributed by atoms with van der Waals surface area (Å²) in [5.74, 6) is 0. The standard InChI is InChI=1S/C12H9BrClN/c13-10-7-4-8-11(12(10)14)15-9-5-2-1-3-6-9/h1-8,15H. The van der Waals surface area contributed by atoms with Crippen molar-refractivity contribution in [1.82, 2.24) is 0 Å². The molecule has 0 unspecified atom stereocenters. The van der Waals surface area contributed by atoms with E-state index in [9.17, 15) is 0 Å². The molecule has 1 nitrogen and oxygen atoms in total. The van der Waals surface area contributed by atoms with E-state index in [0.29, 0.717) is 5.02 Å². The van der Waals surface area contributed by atoms with Crippen molar-refractivity contribution >= 4 is 38.9 Å². The van der Waals surface area contributed by atoms with Gasteiger partial charge in [0, 0.05) is 10.2 Å². The lowest BCUT2D eigenvalue weighted by atomic mass is 10.3. The van der Waals surface area contributed by atoms with Crippen molar-refractivity contribution in [2.45, 2.75) is 0 Å². The molecule has 0 bridgehead atoms. The molecule has 0 aliphatic carbocycles. The second kappa shape index (κ2) is 4.69. The average Bonchev–Trinajstić information content (AvgIpc) is 2.26. The Hall–Kier alpha value is -0.990. The first kappa shape index (κ1) is 10.5. The zero-order valence-corrected chi connectivity index (χ0v) is 10.2. The van der Waals surface area contributed by atoms with Gasteiger partial charge in [0.1, 0.15) is 0 Å². The molecule has 15 heavy (non-hydrogen) atoms. The molecule has 0 aliphatic heterocycles. The lowest BCUT2D eigenvalue weighted by Gasteiger charge is -2.08. The molecule has 0 spiro atoms. The Morgan fingerprint density at radius 2 is 1.67 bits per heavy atom. The highest BCUT2D eigenvalue weighted by molar-refractivity contribution is 9.10. The van der Waals surface area contributed by atoms with Crippen LogP contribution >= 0.6 is 27.5 Å². The van der Waals surface area contributed by atoms with E-state index in [2.05, 4.69) is 21.2 Å². The van der Waals surface area contributed by atoms with Crippen molar-refractivity contribution in [3.05, 3.63) is 58.0 Å². The molecule has 0 saturated heterocycles. The predicted molar refractivity (Wildman–Crippen MR) is 68.9 cm³/mol. The molecule has 0 aliphatic rings. The monoisotopic (exact) mass is 281 g/mol. The summed E-state index contributed by atoms with van der Waals surface area (Å²) >= 11 is 9.52. The first-order chi connectivity index (χ1) is 7.27. The lowest BCUT2D eigenvalue weighted by molar-refractivity contribution is 1.53. The van der Waals surface area contributed by atoms with Crippen molar-refractivity contribution < 1.29 is 0 Å². The van der Waals surface area contributed by atoms with E-state index < -0.39 is 0 Å². The van der Waals surface area contributed by atoms with Crippen LogP contribution < -0.4 is 5.32 Å². The van der Waals surface area contributed by atoms with Crippen LogP contribution in [0.4, 0.5) is 11.4 Å². The van der Waals surface area contributed by atoms with Crippen molar-refractivity contribution in [3.8, 4) is 0 Å². The summed E-state index contributed by atoms with van der Waals surface area (Å²) in [7, 11) is 0. The smallest absolute Gasteiger partial charge is 0.0782 e. The largest absolute Gasteiger partial charge is 0.354 e. The summed E-state index contributed by atoms with van der Waals surface area (Å²) in [4.78, 5) is 0. The second-order valence-corrected chi connectivity index (χ2v) is 4.32. The minimum atomic E-state index is 0.696. The molecule has 1 N–H and O–H groups in total. The summed E-state index contributed by atoms with van der Waals surface area (Å²) in [5.41, 5.74) is 1.93. The molecule has 0 amide bonds. The van der Waals surface area contributed by atoms with E-state index >= 15 is 0 Å². The number of halogens is 2. The van der Waals surface area contributed by atoms with Gasteiger partial charge >= 0.3 is 0 Å². The maximum Gasteiger partial charge on any atom is 0.0782 e. The number of anilines is 2. The molecule has 0 saturated carbocycles. The summed E-state index contributed by atoms with van der Waals surface area (Å²) in [6.07, 6.45) is 0. The van der Waals surface area contributed by atoms with Crippen LogP contribution in [-0.4, -0.2) is 0 Å². The van der Waals surface area contributed by atoms with Gasteiger partial charge < -0.3 is 5.32 Å². The number of hydrogen-bond donors (Lipinski definition) is 1. The molecule has 2 aromatic rings. The van der Waals surface area contributed by atoms with Gasteiger partial charge in [-0.25, -0.2) is 0 Å². The molecule has 0 fully saturated rings. The molecule has 76 valence electrons. The van der Waals surface area contributed by atoms with Gasteiger partial charge in [0.25, 0.3) is 0 Å². The first-order valence-electron chi connectivity index (χ1n) is 4.53. The zero-order chi connectivity index (χ0) is 10.7. The van der Waals surface area contributed by atoms with Crippen LogP contribution in [0, 0.1) is 0 Å². The van der Waals surface area contributed by atoms with Gasteiger partial charge in [0.2, 0.25) is 0 Å². The highest BCUT2D eigenvalue weighted by atomic mass is 79.9. The molecule has 0 heterocycles. The molecule has 0 radical (unpaired) electrons. The topological polar surface area (TPSA) is 12.0 Å². The van der Waals surface area contributed by atoms with Crippen molar-refractivity contribution in [1.29, 1.82) is 0 Å². The van der Waals surface area contributed by atoms with Crippen LogP contribution in [-0.2, 0) is 0 Å². The van der Waals surface area contributed by atoms with Crippen LogP contribution in [0.25, 0.3) is 0 Å². The Morgan fingerprint density at radius 3 is 2.40 bits per heavy atom. The SMILES string of the molecule is Clc1c(Br)cccc1Nc1ccccc1. The minimum Gasteiger partial charge on any atom is -0.354 e. The lowest BCUT2D eigenvalue weighted by Crippen LogP contribution is -1.90. The normalized spacial score (nSPS) is 10.0. The maximum absolute atomic E-state index is 6.13. The minimum absolute atomic E-state index is 0.696. The highest BCUT2D eigenvalue weighted by Gasteiger charge is 2.03. The van der Waals surface area contributed by atoms with Gasteiger partial charge in [0.15, 0.2) is 0 Å². The van der Waals surface area contributed by atoms with E-state index in [-0.39, 0.29) is 0 Å². The summed E-state index contributed by atoms with van der Waals surface area (Å²) in [5, 5.41) is 3.95. The van der Waals surface area contributed by atoms with Gasteiger partial charge in [-0.05, 0) is 40.2 Å². The molecular weight excluding hydrogens is 273 g/mol. The Labute approximate surface area is 102 Å². The fourth-order valence-corrected chi connectivity index (χ4v) is 1.82. The van der Waals surface area contributed by atoms with Crippen LogP contribution in [0.15, 0.2) is 53.0 Å². The number of benzene rings is 2. The number of para-hydroxylation sites is 1. The van der Waals surface area contributed by atoms with E-state index in [1.165, 1.54) is 0 Å².